The van der Waals surface area contributed by atoms with Gasteiger partial charge in [-0.1, -0.05) is 24.9 Å². The zero-order chi connectivity index (χ0) is 13.1. The van der Waals surface area contributed by atoms with E-state index in [-0.39, 0.29) is 16.6 Å². The highest BCUT2D eigenvalue weighted by Gasteiger charge is 2.25. The van der Waals surface area contributed by atoms with Crippen LogP contribution in [0.3, 0.4) is 0 Å². The van der Waals surface area contributed by atoms with E-state index in [2.05, 4.69) is 11.9 Å². The normalized spacial score (nSPS) is 19.9. The molecule has 1 unspecified atom stereocenters. The number of likely N-dealkylation sites (tertiary alicyclic amines) is 1. The van der Waals surface area contributed by atoms with Gasteiger partial charge >= 0.3 is 0 Å². The van der Waals surface area contributed by atoms with E-state index < -0.39 is 5.82 Å². The van der Waals surface area contributed by atoms with Gasteiger partial charge in [-0.3, -0.25) is 4.79 Å². The molecule has 1 saturated heterocycles. The topological polar surface area (TPSA) is 33.2 Å². The molecule has 1 aliphatic heterocycles. The molecule has 0 saturated carbocycles. The fraction of sp³-hybridized carbons (Fsp3) is 0.538. The first-order valence-corrected chi connectivity index (χ1v) is 6.60. The number of piperidine rings is 1. The van der Waals surface area contributed by atoms with E-state index in [0.29, 0.717) is 12.5 Å². The van der Waals surface area contributed by atoms with Crippen LogP contribution in [0.15, 0.2) is 12.3 Å². The maximum absolute atomic E-state index is 13.1. The highest BCUT2D eigenvalue weighted by molar-refractivity contribution is 6.32. The minimum Gasteiger partial charge on any atom is -0.338 e. The van der Waals surface area contributed by atoms with Gasteiger partial charge in [-0.15, -0.1) is 0 Å². The SMILES string of the molecule is CCC1CCCN(C(=O)c2cc(F)cnc2Cl)C1. The van der Waals surface area contributed by atoms with Crippen molar-refractivity contribution < 1.29 is 9.18 Å². The third-order valence-corrected chi connectivity index (χ3v) is 3.72. The molecule has 0 radical (unpaired) electrons. The summed E-state index contributed by atoms with van der Waals surface area (Å²) in [5, 5.41) is 0.0695. The first-order chi connectivity index (χ1) is 8.61. The van der Waals surface area contributed by atoms with Crippen LogP contribution in [0, 0.1) is 11.7 Å². The number of carbonyl (C=O) groups excluding carboxylic acids is 1. The molecule has 0 N–H and O–H groups in total. The molecule has 1 fully saturated rings. The maximum atomic E-state index is 13.1. The van der Waals surface area contributed by atoms with Crippen LogP contribution in [0.25, 0.3) is 0 Å². The number of halogens is 2. The van der Waals surface area contributed by atoms with Gasteiger partial charge in [-0.25, -0.2) is 9.37 Å². The summed E-state index contributed by atoms with van der Waals surface area (Å²) in [6.07, 6.45) is 4.21. The highest BCUT2D eigenvalue weighted by atomic mass is 35.5. The predicted octanol–water partition coefficient (Wildman–Crippen LogP) is 3.14. The summed E-state index contributed by atoms with van der Waals surface area (Å²) in [5.41, 5.74) is 0.161. The quantitative estimate of drug-likeness (QED) is 0.774. The van der Waals surface area contributed by atoms with Gasteiger partial charge in [0.25, 0.3) is 5.91 Å². The number of carbonyl (C=O) groups is 1. The summed E-state index contributed by atoms with van der Waals surface area (Å²) in [6.45, 7) is 3.56. The molecular formula is C13H16ClFN2O. The fourth-order valence-electron chi connectivity index (χ4n) is 2.33. The largest absolute Gasteiger partial charge is 0.338 e. The predicted molar refractivity (Wildman–Crippen MR) is 68.1 cm³/mol. The lowest BCUT2D eigenvalue weighted by molar-refractivity contribution is 0.0670. The number of hydrogen-bond donors (Lipinski definition) is 0. The van der Waals surface area contributed by atoms with E-state index in [1.54, 1.807) is 4.90 Å². The molecule has 0 bridgehead atoms. The van der Waals surface area contributed by atoms with Crippen LogP contribution in [0.2, 0.25) is 5.15 Å². The van der Waals surface area contributed by atoms with Crippen molar-refractivity contribution in [1.82, 2.24) is 9.88 Å². The van der Waals surface area contributed by atoms with Crippen molar-refractivity contribution in [2.24, 2.45) is 5.92 Å². The second-order valence-electron chi connectivity index (χ2n) is 4.66. The summed E-state index contributed by atoms with van der Waals surface area (Å²) in [7, 11) is 0. The number of hydrogen-bond acceptors (Lipinski definition) is 2. The standard InChI is InChI=1S/C13H16ClFN2O/c1-2-9-4-3-5-17(8-9)13(18)11-6-10(15)7-16-12(11)14/h6-7,9H,2-5,8H2,1H3. The van der Waals surface area contributed by atoms with E-state index >= 15 is 0 Å². The molecule has 98 valence electrons. The molecule has 1 amide bonds. The molecule has 2 rings (SSSR count). The molecule has 1 aromatic rings. The van der Waals surface area contributed by atoms with E-state index in [1.165, 1.54) is 0 Å². The zero-order valence-corrected chi connectivity index (χ0v) is 11.1. The molecule has 5 heteroatoms. The Morgan fingerprint density at radius 3 is 3.17 bits per heavy atom. The van der Waals surface area contributed by atoms with Crippen LogP contribution in [0.1, 0.15) is 36.5 Å². The molecule has 2 heterocycles. The van der Waals surface area contributed by atoms with Crippen LogP contribution in [-0.4, -0.2) is 28.9 Å². The van der Waals surface area contributed by atoms with Crippen molar-refractivity contribution in [3.05, 3.63) is 28.8 Å². The van der Waals surface area contributed by atoms with Crippen molar-refractivity contribution in [2.45, 2.75) is 26.2 Å². The number of pyridine rings is 1. The van der Waals surface area contributed by atoms with Crippen molar-refractivity contribution in [1.29, 1.82) is 0 Å². The average Bonchev–Trinajstić information content (AvgIpc) is 2.41. The third kappa shape index (κ3) is 2.80. The van der Waals surface area contributed by atoms with Gasteiger partial charge in [0.1, 0.15) is 11.0 Å². The number of amides is 1. The van der Waals surface area contributed by atoms with Crippen LogP contribution >= 0.6 is 11.6 Å². The first kappa shape index (κ1) is 13.3. The van der Waals surface area contributed by atoms with Crippen molar-refractivity contribution in [3.8, 4) is 0 Å². The Morgan fingerprint density at radius 1 is 1.67 bits per heavy atom. The summed E-state index contributed by atoms with van der Waals surface area (Å²) >= 11 is 5.86. The molecule has 1 aromatic heterocycles. The highest BCUT2D eigenvalue weighted by Crippen LogP contribution is 2.23. The Morgan fingerprint density at radius 2 is 2.44 bits per heavy atom. The minimum atomic E-state index is -0.535. The summed E-state index contributed by atoms with van der Waals surface area (Å²) in [6, 6.07) is 1.16. The summed E-state index contributed by atoms with van der Waals surface area (Å²) < 4.78 is 13.1. The van der Waals surface area contributed by atoms with Gasteiger partial charge in [-0.05, 0) is 24.8 Å². The van der Waals surface area contributed by atoms with Crippen LogP contribution in [0.5, 0.6) is 0 Å². The molecule has 1 aliphatic rings. The molecule has 0 aromatic carbocycles. The summed E-state index contributed by atoms with van der Waals surface area (Å²) in [4.78, 5) is 17.7. The third-order valence-electron chi connectivity index (χ3n) is 3.42. The van der Waals surface area contributed by atoms with E-state index in [4.69, 9.17) is 11.6 Å². The molecular weight excluding hydrogens is 255 g/mol. The number of nitrogens with zero attached hydrogens (tertiary/aromatic N) is 2. The first-order valence-electron chi connectivity index (χ1n) is 6.22. The lowest BCUT2D eigenvalue weighted by atomic mass is 9.95. The Bertz CT molecular complexity index is 453. The lowest BCUT2D eigenvalue weighted by Crippen LogP contribution is -2.40. The van der Waals surface area contributed by atoms with Crippen molar-refractivity contribution in [3.63, 3.8) is 0 Å². The molecule has 0 spiro atoms. The smallest absolute Gasteiger partial charge is 0.257 e. The van der Waals surface area contributed by atoms with Gasteiger partial charge in [-0.2, -0.15) is 0 Å². The maximum Gasteiger partial charge on any atom is 0.257 e. The fourth-order valence-corrected chi connectivity index (χ4v) is 2.51. The second kappa shape index (κ2) is 5.65. The summed E-state index contributed by atoms with van der Waals surface area (Å²) in [5.74, 6) is -0.222. The van der Waals surface area contributed by atoms with Crippen LogP contribution in [-0.2, 0) is 0 Å². The number of rotatable bonds is 2. The second-order valence-corrected chi connectivity index (χ2v) is 5.02. The Kier molecular flexibility index (Phi) is 4.17. The van der Waals surface area contributed by atoms with E-state index in [1.807, 2.05) is 0 Å². The molecule has 18 heavy (non-hydrogen) atoms. The van der Waals surface area contributed by atoms with E-state index in [9.17, 15) is 9.18 Å². The van der Waals surface area contributed by atoms with Crippen molar-refractivity contribution in [2.75, 3.05) is 13.1 Å². The monoisotopic (exact) mass is 270 g/mol. The lowest BCUT2D eigenvalue weighted by Gasteiger charge is -2.32. The zero-order valence-electron chi connectivity index (χ0n) is 10.3. The van der Waals surface area contributed by atoms with Gasteiger partial charge in [0.2, 0.25) is 0 Å². The molecule has 1 atom stereocenters. The van der Waals surface area contributed by atoms with Gasteiger partial charge < -0.3 is 4.90 Å². The number of aromatic nitrogens is 1. The Hall–Kier alpha value is -1.16. The Labute approximate surface area is 111 Å². The Balaban J connectivity index is 2.17. The van der Waals surface area contributed by atoms with Crippen LogP contribution in [0.4, 0.5) is 4.39 Å². The molecule has 0 aliphatic carbocycles. The van der Waals surface area contributed by atoms with Gasteiger partial charge in [0.05, 0.1) is 11.8 Å². The van der Waals surface area contributed by atoms with Gasteiger partial charge in [0, 0.05) is 13.1 Å². The average molecular weight is 271 g/mol. The minimum absolute atomic E-state index is 0.0695. The van der Waals surface area contributed by atoms with E-state index in [0.717, 1.165) is 38.1 Å². The van der Waals surface area contributed by atoms with Gasteiger partial charge in [0.15, 0.2) is 0 Å². The molecule has 3 nitrogen and oxygen atoms in total. The van der Waals surface area contributed by atoms with Crippen LogP contribution < -0.4 is 0 Å². The van der Waals surface area contributed by atoms with Crippen molar-refractivity contribution >= 4 is 17.5 Å².